The molecule has 1 aromatic heterocycles. The van der Waals surface area contributed by atoms with Crippen LogP contribution in [0.4, 0.5) is 5.69 Å². The lowest BCUT2D eigenvalue weighted by atomic mass is 9.97. The van der Waals surface area contributed by atoms with E-state index in [1.165, 1.54) is 5.01 Å². The van der Waals surface area contributed by atoms with Crippen molar-refractivity contribution in [1.82, 2.24) is 9.88 Å². The molecule has 4 rings (SSSR count). The fourth-order valence-electron chi connectivity index (χ4n) is 3.72. The summed E-state index contributed by atoms with van der Waals surface area (Å²) >= 11 is 1.69. The summed E-state index contributed by atoms with van der Waals surface area (Å²) in [5.74, 6) is 0.550. The average Bonchev–Trinajstić information content (AvgIpc) is 3.19. The molecule has 2 aromatic rings. The molecule has 3 heterocycles. The predicted octanol–water partition coefficient (Wildman–Crippen LogP) is 2.83. The Bertz CT molecular complexity index is 767. The van der Waals surface area contributed by atoms with Crippen molar-refractivity contribution in [3.05, 3.63) is 46.4 Å². The van der Waals surface area contributed by atoms with Crippen LogP contribution in [0.3, 0.4) is 0 Å². The smallest absolute Gasteiger partial charge is 0.242 e. The molecule has 1 fully saturated rings. The van der Waals surface area contributed by atoms with Crippen molar-refractivity contribution in [2.45, 2.75) is 31.6 Å². The van der Waals surface area contributed by atoms with Crippen LogP contribution in [0.15, 0.2) is 35.8 Å². The third kappa shape index (κ3) is 3.31. The van der Waals surface area contributed by atoms with Gasteiger partial charge in [0.25, 0.3) is 0 Å². The first-order valence-electron chi connectivity index (χ1n) is 8.78. The summed E-state index contributed by atoms with van der Waals surface area (Å²) in [6.45, 7) is 1.64. The number of benzene rings is 1. The van der Waals surface area contributed by atoms with Crippen molar-refractivity contribution in [1.29, 1.82) is 0 Å². The van der Waals surface area contributed by atoms with Gasteiger partial charge in [0.1, 0.15) is 6.54 Å². The van der Waals surface area contributed by atoms with E-state index in [4.69, 9.17) is 0 Å². The summed E-state index contributed by atoms with van der Waals surface area (Å²) < 4.78 is 0. The summed E-state index contributed by atoms with van der Waals surface area (Å²) in [5, 5.41) is 3.18. The average molecular weight is 355 g/mol. The van der Waals surface area contributed by atoms with Crippen LogP contribution in [0.2, 0.25) is 0 Å². The van der Waals surface area contributed by atoms with E-state index >= 15 is 0 Å². The van der Waals surface area contributed by atoms with Gasteiger partial charge < -0.3 is 9.80 Å². The highest BCUT2D eigenvalue weighted by Crippen LogP contribution is 2.30. The lowest BCUT2D eigenvalue weighted by molar-refractivity contribution is -0.132. The molecule has 2 aliphatic heterocycles. The first-order chi connectivity index (χ1) is 12.2. The monoisotopic (exact) mass is 355 g/mol. The number of aryl methyl sites for hydroxylation is 1. The van der Waals surface area contributed by atoms with Gasteiger partial charge in [-0.15, -0.1) is 11.3 Å². The van der Waals surface area contributed by atoms with Gasteiger partial charge in [0.15, 0.2) is 0 Å². The number of rotatable bonds is 3. The van der Waals surface area contributed by atoms with E-state index in [2.05, 4.69) is 4.98 Å². The fourth-order valence-corrected chi connectivity index (χ4v) is 4.53. The van der Waals surface area contributed by atoms with Crippen LogP contribution >= 0.6 is 11.3 Å². The summed E-state index contributed by atoms with van der Waals surface area (Å²) in [6, 6.07) is 7.89. The number of carbonyl (C=O) groups is 2. The Morgan fingerprint density at radius 3 is 2.76 bits per heavy atom. The number of fused-ring (bicyclic) bond motifs is 1. The van der Waals surface area contributed by atoms with Gasteiger partial charge in [-0.05, 0) is 30.9 Å². The maximum atomic E-state index is 12.7. The second-order valence-electron chi connectivity index (χ2n) is 6.63. The van der Waals surface area contributed by atoms with Gasteiger partial charge in [0, 0.05) is 42.7 Å². The Morgan fingerprint density at radius 1 is 1.20 bits per heavy atom. The molecule has 1 saturated heterocycles. The molecule has 0 unspecified atom stereocenters. The number of likely N-dealkylation sites (tertiary alicyclic amines) is 1. The van der Waals surface area contributed by atoms with Crippen molar-refractivity contribution in [3.63, 3.8) is 0 Å². The van der Waals surface area contributed by atoms with Gasteiger partial charge in [-0.3, -0.25) is 9.59 Å². The van der Waals surface area contributed by atoms with Gasteiger partial charge >= 0.3 is 0 Å². The van der Waals surface area contributed by atoms with E-state index in [-0.39, 0.29) is 18.4 Å². The number of aromatic nitrogens is 1. The molecule has 130 valence electrons. The normalized spacial score (nSPS) is 18.3. The largest absolute Gasteiger partial charge is 0.341 e. The Hall–Kier alpha value is -2.21. The van der Waals surface area contributed by atoms with Crippen LogP contribution < -0.4 is 4.90 Å². The number of thiazole rings is 1. The minimum Gasteiger partial charge on any atom is -0.341 e. The Balaban J connectivity index is 1.40. The van der Waals surface area contributed by atoms with Crippen LogP contribution in [0.25, 0.3) is 0 Å². The van der Waals surface area contributed by atoms with Crippen LogP contribution in [0.1, 0.15) is 35.8 Å². The van der Waals surface area contributed by atoms with Crippen molar-refractivity contribution >= 4 is 28.8 Å². The van der Waals surface area contributed by atoms with Gasteiger partial charge in [-0.25, -0.2) is 4.98 Å². The molecule has 0 bridgehead atoms. The summed E-state index contributed by atoms with van der Waals surface area (Å²) in [4.78, 5) is 33.0. The van der Waals surface area contributed by atoms with E-state index in [0.29, 0.717) is 12.3 Å². The number of amides is 2. The van der Waals surface area contributed by atoms with Crippen molar-refractivity contribution < 1.29 is 9.59 Å². The topological polar surface area (TPSA) is 53.5 Å². The molecule has 0 radical (unpaired) electrons. The first-order valence-corrected chi connectivity index (χ1v) is 9.66. The molecular weight excluding hydrogens is 334 g/mol. The molecule has 0 N–H and O–H groups in total. The van der Waals surface area contributed by atoms with Gasteiger partial charge in [-0.1, -0.05) is 18.2 Å². The fraction of sp³-hybridized carbons (Fsp3) is 0.421. The predicted molar refractivity (Wildman–Crippen MR) is 97.8 cm³/mol. The zero-order valence-corrected chi connectivity index (χ0v) is 14.9. The van der Waals surface area contributed by atoms with Crippen LogP contribution in [0.5, 0.6) is 0 Å². The van der Waals surface area contributed by atoms with E-state index in [0.717, 1.165) is 43.6 Å². The Kier molecular flexibility index (Phi) is 4.53. The number of nitrogens with zero attached hydrogens (tertiary/aromatic N) is 3. The molecule has 2 amide bonds. The molecule has 1 aromatic carbocycles. The first kappa shape index (κ1) is 16.3. The number of hydrogen-bond donors (Lipinski definition) is 0. The minimum absolute atomic E-state index is 0.0441. The number of hydrogen-bond acceptors (Lipinski definition) is 4. The maximum Gasteiger partial charge on any atom is 0.242 e. The third-order valence-electron chi connectivity index (χ3n) is 5.13. The molecule has 0 spiro atoms. The molecule has 0 saturated carbocycles. The highest BCUT2D eigenvalue weighted by Gasteiger charge is 2.30. The Labute approximate surface area is 151 Å². The van der Waals surface area contributed by atoms with Crippen LogP contribution in [0, 0.1) is 0 Å². The summed E-state index contributed by atoms with van der Waals surface area (Å²) in [7, 11) is 0. The number of piperidine rings is 1. The van der Waals surface area contributed by atoms with E-state index in [9.17, 15) is 9.59 Å². The van der Waals surface area contributed by atoms with E-state index < -0.39 is 0 Å². The van der Waals surface area contributed by atoms with Gasteiger partial charge in [0.05, 0.1) is 5.01 Å². The SMILES string of the molecule is O=C(CN1C(=O)CCc2ccccc21)N1CCC(c2nccs2)CC1. The number of para-hydroxylation sites is 1. The zero-order valence-electron chi connectivity index (χ0n) is 14.1. The molecule has 0 atom stereocenters. The molecule has 25 heavy (non-hydrogen) atoms. The van der Waals surface area contributed by atoms with Gasteiger partial charge in [0.2, 0.25) is 11.8 Å². The Morgan fingerprint density at radius 2 is 2.00 bits per heavy atom. The highest BCUT2D eigenvalue weighted by molar-refractivity contribution is 7.09. The number of anilines is 1. The molecule has 5 nitrogen and oxygen atoms in total. The summed E-state index contributed by atoms with van der Waals surface area (Å²) in [6.07, 6.45) is 4.99. The second kappa shape index (κ2) is 6.96. The van der Waals surface area contributed by atoms with Crippen LogP contribution in [-0.2, 0) is 16.0 Å². The lowest BCUT2D eigenvalue weighted by Crippen LogP contribution is -2.47. The second-order valence-corrected chi connectivity index (χ2v) is 7.56. The van der Waals surface area contributed by atoms with E-state index in [1.807, 2.05) is 40.7 Å². The van der Waals surface area contributed by atoms with Crippen molar-refractivity contribution in [2.24, 2.45) is 0 Å². The molecular formula is C19H21N3O2S. The number of carbonyl (C=O) groups excluding carboxylic acids is 2. The molecule has 6 heteroatoms. The van der Waals surface area contributed by atoms with Crippen molar-refractivity contribution in [3.8, 4) is 0 Å². The standard InChI is InChI=1S/C19H21N3O2S/c23-17-6-5-14-3-1-2-4-16(14)22(17)13-18(24)21-10-7-15(8-11-21)19-20-9-12-25-19/h1-4,9,12,15H,5-8,10-11,13H2. The highest BCUT2D eigenvalue weighted by atomic mass is 32.1. The van der Waals surface area contributed by atoms with Gasteiger partial charge in [-0.2, -0.15) is 0 Å². The molecule has 0 aliphatic carbocycles. The van der Waals surface area contributed by atoms with Crippen molar-refractivity contribution in [2.75, 3.05) is 24.5 Å². The van der Waals surface area contributed by atoms with E-state index in [1.54, 1.807) is 16.2 Å². The molecule has 2 aliphatic rings. The minimum atomic E-state index is 0.0441. The maximum absolute atomic E-state index is 12.7. The van der Waals surface area contributed by atoms with Crippen LogP contribution in [-0.4, -0.2) is 41.3 Å². The lowest BCUT2D eigenvalue weighted by Gasteiger charge is -2.34. The summed E-state index contributed by atoms with van der Waals surface area (Å²) in [5.41, 5.74) is 2.04. The third-order valence-corrected chi connectivity index (χ3v) is 6.07. The quantitative estimate of drug-likeness (QED) is 0.851. The zero-order chi connectivity index (χ0) is 17.2.